The van der Waals surface area contributed by atoms with E-state index in [0.717, 1.165) is 22.6 Å². The van der Waals surface area contributed by atoms with E-state index >= 15 is 0 Å². The molecule has 1 saturated heterocycles. The molecule has 0 bridgehead atoms. The predicted octanol–water partition coefficient (Wildman–Crippen LogP) is 2.26. The van der Waals surface area contributed by atoms with Crippen molar-refractivity contribution in [3.63, 3.8) is 0 Å². The minimum absolute atomic E-state index is 0.00466. The molecule has 0 atom stereocenters. The minimum Gasteiger partial charge on any atom is -0.336 e. The van der Waals surface area contributed by atoms with Crippen molar-refractivity contribution in [2.45, 2.75) is 20.3 Å². The lowest BCUT2D eigenvalue weighted by Crippen LogP contribution is -2.37. The summed E-state index contributed by atoms with van der Waals surface area (Å²) in [6.45, 7) is 4.96. The first-order chi connectivity index (χ1) is 11.4. The minimum atomic E-state index is -0.226. The number of rotatable bonds is 6. The average molecular weight is 349 g/mol. The first-order valence-electron chi connectivity index (χ1n) is 7.90. The van der Waals surface area contributed by atoms with Crippen molar-refractivity contribution in [2.75, 3.05) is 37.8 Å². The number of nitrogens with zero attached hydrogens (tertiary/aromatic N) is 2. The second kappa shape index (κ2) is 8.19. The Balaban J connectivity index is 1.82. The van der Waals surface area contributed by atoms with Gasteiger partial charge in [-0.2, -0.15) is 0 Å². The van der Waals surface area contributed by atoms with Crippen LogP contribution in [0.3, 0.4) is 0 Å². The molecule has 24 heavy (non-hydrogen) atoms. The normalized spacial score (nSPS) is 14.0. The number of aryl methyl sites for hydroxylation is 2. The molecular weight excluding hydrogens is 326 g/mol. The third-order valence-electron chi connectivity index (χ3n) is 3.99. The zero-order chi connectivity index (χ0) is 17.7. The van der Waals surface area contributed by atoms with Gasteiger partial charge in [-0.15, -0.1) is 0 Å². The van der Waals surface area contributed by atoms with Crippen LogP contribution in [0.2, 0.25) is 0 Å². The van der Waals surface area contributed by atoms with E-state index in [9.17, 15) is 14.4 Å². The quantitative estimate of drug-likeness (QED) is 0.855. The van der Waals surface area contributed by atoms with Gasteiger partial charge in [-0.3, -0.25) is 14.4 Å². The van der Waals surface area contributed by atoms with Crippen LogP contribution in [0.4, 0.5) is 10.5 Å². The summed E-state index contributed by atoms with van der Waals surface area (Å²) in [4.78, 5) is 38.9. The van der Waals surface area contributed by atoms with Crippen LogP contribution < -0.4 is 5.32 Å². The van der Waals surface area contributed by atoms with Crippen LogP contribution in [-0.2, 0) is 9.59 Å². The molecule has 1 N–H and O–H groups in total. The van der Waals surface area contributed by atoms with Crippen molar-refractivity contribution < 1.29 is 14.4 Å². The number of hydrogen-bond donors (Lipinski definition) is 1. The van der Waals surface area contributed by atoms with Gasteiger partial charge in [0.2, 0.25) is 11.8 Å². The highest BCUT2D eigenvalue weighted by atomic mass is 32.2. The fraction of sp³-hybridized carbons (Fsp3) is 0.471. The van der Waals surface area contributed by atoms with E-state index in [1.54, 1.807) is 11.9 Å². The molecule has 0 radical (unpaired) electrons. The highest BCUT2D eigenvalue weighted by molar-refractivity contribution is 8.13. The number of likely N-dealkylation sites (N-methyl/N-ethyl adjacent to an activating group) is 1. The fourth-order valence-electron chi connectivity index (χ4n) is 2.54. The largest absolute Gasteiger partial charge is 0.336 e. The van der Waals surface area contributed by atoms with Gasteiger partial charge >= 0.3 is 0 Å². The van der Waals surface area contributed by atoms with E-state index in [1.165, 1.54) is 16.7 Å². The predicted molar refractivity (Wildman–Crippen MR) is 96.2 cm³/mol. The molecule has 130 valence electrons. The van der Waals surface area contributed by atoms with Gasteiger partial charge in [-0.25, -0.2) is 0 Å². The number of carbonyl (C=O) groups is 3. The lowest BCUT2D eigenvalue weighted by molar-refractivity contribution is -0.133. The van der Waals surface area contributed by atoms with Gasteiger partial charge in [-0.05, 0) is 25.0 Å². The van der Waals surface area contributed by atoms with Crippen LogP contribution in [-0.4, -0.2) is 59.3 Å². The number of para-hydroxylation sites is 1. The van der Waals surface area contributed by atoms with E-state index < -0.39 is 0 Å². The maximum Gasteiger partial charge on any atom is 0.281 e. The highest BCUT2D eigenvalue weighted by Gasteiger charge is 2.22. The van der Waals surface area contributed by atoms with Crippen molar-refractivity contribution >= 4 is 34.5 Å². The lowest BCUT2D eigenvalue weighted by atomic mass is 10.1. The molecule has 1 aliphatic rings. The topological polar surface area (TPSA) is 69.7 Å². The summed E-state index contributed by atoms with van der Waals surface area (Å²) in [6.07, 6.45) is 0.236. The molecule has 2 rings (SSSR count). The maximum absolute atomic E-state index is 12.2. The van der Waals surface area contributed by atoms with Gasteiger partial charge in [0, 0.05) is 38.0 Å². The Kier molecular flexibility index (Phi) is 6.25. The van der Waals surface area contributed by atoms with E-state index in [4.69, 9.17) is 0 Å². The monoisotopic (exact) mass is 349 g/mol. The molecule has 3 amide bonds. The van der Waals surface area contributed by atoms with E-state index in [-0.39, 0.29) is 30.0 Å². The SMILES string of the molecule is Cc1cccc(C)c1NC(=O)CN(C)C(=O)CCN1CCSC1=O. The van der Waals surface area contributed by atoms with Gasteiger partial charge in [0.1, 0.15) is 0 Å². The molecular formula is C17H23N3O3S. The van der Waals surface area contributed by atoms with Crippen LogP contribution in [0.25, 0.3) is 0 Å². The van der Waals surface area contributed by atoms with E-state index in [2.05, 4.69) is 5.32 Å². The third kappa shape index (κ3) is 4.74. The van der Waals surface area contributed by atoms with E-state index in [1.807, 2.05) is 32.0 Å². The van der Waals surface area contributed by atoms with Crippen molar-refractivity contribution in [2.24, 2.45) is 0 Å². The van der Waals surface area contributed by atoms with Gasteiger partial charge in [0.25, 0.3) is 5.24 Å². The van der Waals surface area contributed by atoms with Crippen LogP contribution in [0.1, 0.15) is 17.5 Å². The zero-order valence-corrected chi connectivity index (χ0v) is 15.1. The number of amides is 3. The van der Waals surface area contributed by atoms with Crippen LogP contribution in [0.15, 0.2) is 18.2 Å². The first kappa shape index (κ1) is 18.3. The molecule has 6 nitrogen and oxygen atoms in total. The molecule has 1 aromatic carbocycles. The number of carbonyl (C=O) groups excluding carboxylic acids is 3. The summed E-state index contributed by atoms with van der Waals surface area (Å²) >= 11 is 1.28. The number of anilines is 1. The number of hydrogen-bond acceptors (Lipinski definition) is 4. The van der Waals surface area contributed by atoms with Gasteiger partial charge in [0.05, 0.1) is 6.54 Å². The average Bonchev–Trinajstić information content (AvgIpc) is 2.94. The molecule has 0 unspecified atom stereocenters. The Morgan fingerprint density at radius 3 is 2.54 bits per heavy atom. The molecule has 0 saturated carbocycles. The number of nitrogens with one attached hydrogen (secondary N) is 1. The molecule has 0 spiro atoms. The van der Waals surface area contributed by atoms with Gasteiger partial charge in [0.15, 0.2) is 0 Å². The Hall–Kier alpha value is -2.02. The fourth-order valence-corrected chi connectivity index (χ4v) is 3.40. The van der Waals surface area contributed by atoms with Crippen molar-refractivity contribution in [1.29, 1.82) is 0 Å². The summed E-state index contributed by atoms with van der Waals surface area (Å²) in [5.74, 6) is 0.411. The van der Waals surface area contributed by atoms with Gasteiger partial charge in [-0.1, -0.05) is 30.0 Å². The summed E-state index contributed by atoms with van der Waals surface area (Å²) in [7, 11) is 1.60. The standard InChI is InChI=1S/C17H23N3O3S/c1-12-5-4-6-13(2)16(12)18-14(21)11-19(3)15(22)7-8-20-9-10-24-17(20)23/h4-6H,7-11H2,1-3H3,(H,18,21). The Labute approximate surface area is 146 Å². The number of thioether (sulfide) groups is 1. The lowest BCUT2D eigenvalue weighted by Gasteiger charge is -2.20. The van der Waals surface area contributed by atoms with Crippen LogP contribution in [0.5, 0.6) is 0 Å². The third-order valence-corrected chi connectivity index (χ3v) is 4.88. The molecule has 1 fully saturated rings. The molecule has 0 aromatic heterocycles. The summed E-state index contributed by atoms with van der Waals surface area (Å²) in [5.41, 5.74) is 2.77. The van der Waals surface area contributed by atoms with Crippen molar-refractivity contribution in [1.82, 2.24) is 9.80 Å². The molecule has 7 heteroatoms. The van der Waals surface area contributed by atoms with Crippen molar-refractivity contribution in [3.05, 3.63) is 29.3 Å². The highest BCUT2D eigenvalue weighted by Crippen LogP contribution is 2.19. The zero-order valence-electron chi connectivity index (χ0n) is 14.3. The number of benzene rings is 1. The van der Waals surface area contributed by atoms with Gasteiger partial charge < -0.3 is 15.1 Å². The molecule has 0 aliphatic carbocycles. The molecule has 1 aliphatic heterocycles. The van der Waals surface area contributed by atoms with E-state index in [0.29, 0.717) is 13.1 Å². The van der Waals surface area contributed by atoms with Crippen molar-refractivity contribution in [3.8, 4) is 0 Å². The second-order valence-electron chi connectivity index (χ2n) is 5.92. The Morgan fingerprint density at radius 2 is 1.96 bits per heavy atom. The molecule has 1 aromatic rings. The maximum atomic E-state index is 12.2. The molecule has 1 heterocycles. The first-order valence-corrected chi connectivity index (χ1v) is 8.89. The smallest absolute Gasteiger partial charge is 0.281 e. The van der Waals surface area contributed by atoms with Crippen LogP contribution >= 0.6 is 11.8 Å². The Bertz CT molecular complexity index is 628. The summed E-state index contributed by atoms with van der Waals surface area (Å²) in [6, 6.07) is 5.80. The Morgan fingerprint density at radius 1 is 1.29 bits per heavy atom. The summed E-state index contributed by atoms with van der Waals surface area (Å²) in [5, 5.41) is 2.89. The van der Waals surface area contributed by atoms with Crippen LogP contribution in [0, 0.1) is 13.8 Å². The summed E-state index contributed by atoms with van der Waals surface area (Å²) < 4.78 is 0. The second-order valence-corrected chi connectivity index (χ2v) is 6.96.